The summed E-state index contributed by atoms with van der Waals surface area (Å²) >= 11 is 0. The van der Waals surface area contributed by atoms with Crippen molar-refractivity contribution in [3.63, 3.8) is 0 Å². The highest BCUT2D eigenvalue weighted by atomic mass is 16.5. The molecule has 0 saturated carbocycles. The van der Waals surface area contributed by atoms with Crippen molar-refractivity contribution < 1.29 is 19.1 Å². The summed E-state index contributed by atoms with van der Waals surface area (Å²) in [5.74, 6) is -0.662. The molecule has 1 aromatic carbocycles. The predicted octanol–water partition coefficient (Wildman–Crippen LogP) is 1.91. The largest absolute Gasteiger partial charge is 0.456 e. The maximum atomic E-state index is 12.5. The number of esters is 1. The van der Waals surface area contributed by atoms with Crippen LogP contribution in [0.3, 0.4) is 0 Å². The molecule has 184 valence electrons. The monoisotopic (exact) mass is 469 g/mol. The van der Waals surface area contributed by atoms with Crippen LogP contribution in [0.25, 0.3) is 0 Å². The lowest BCUT2D eigenvalue weighted by Gasteiger charge is -2.34. The van der Waals surface area contributed by atoms with Crippen molar-refractivity contribution in [2.75, 3.05) is 44.6 Å². The zero-order chi connectivity index (χ0) is 24.8. The van der Waals surface area contributed by atoms with E-state index < -0.39 is 5.97 Å². The Balaban J connectivity index is 1.37. The van der Waals surface area contributed by atoms with Crippen molar-refractivity contribution in [2.24, 2.45) is 7.05 Å². The first-order chi connectivity index (χ1) is 16.2. The highest BCUT2D eigenvalue weighted by Gasteiger charge is 2.23. The number of piperazine rings is 1. The Bertz CT molecular complexity index is 1030. The minimum atomic E-state index is -0.391. The van der Waals surface area contributed by atoms with Gasteiger partial charge in [-0.25, -0.2) is 0 Å². The van der Waals surface area contributed by atoms with E-state index in [1.165, 1.54) is 0 Å². The number of aryl methyl sites for hydroxylation is 4. The van der Waals surface area contributed by atoms with Crippen molar-refractivity contribution in [3.05, 3.63) is 46.3 Å². The number of anilines is 1. The van der Waals surface area contributed by atoms with Crippen molar-refractivity contribution >= 4 is 23.5 Å². The number of carbonyl (C=O) groups is 3. The van der Waals surface area contributed by atoms with Crippen LogP contribution in [0, 0.1) is 27.7 Å². The van der Waals surface area contributed by atoms with Gasteiger partial charge in [0.05, 0.1) is 12.2 Å². The number of para-hydroxylation sites is 1. The molecule has 3 rings (SSSR count). The fourth-order valence-corrected chi connectivity index (χ4v) is 4.26. The van der Waals surface area contributed by atoms with E-state index in [4.69, 9.17) is 4.74 Å². The predicted molar refractivity (Wildman–Crippen MR) is 130 cm³/mol. The maximum Gasteiger partial charge on any atom is 0.306 e. The number of benzene rings is 1. The second-order valence-corrected chi connectivity index (χ2v) is 8.91. The van der Waals surface area contributed by atoms with E-state index in [0.29, 0.717) is 32.6 Å². The molecular formula is C25H35N5O4. The lowest BCUT2D eigenvalue weighted by molar-refractivity contribution is -0.152. The van der Waals surface area contributed by atoms with Crippen LogP contribution in [-0.2, 0) is 32.6 Å². The maximum absolute atomic E-state index is 12.5. The normalized spacial score (nSPS) is 14.2. The number of nitrogens with zero attached hydrogens (tertiary/aromatic N) is 4. The quantitative estimate of drug-likeness (QED) is 0.594. The topological polar surface area (TPSA) is 96.8 Å². The minimum Gasteiger partial charge on any atom is -0.456 e. The van der Waals surface area contributed by atoms with E-state index in [2.05, 4.69) is 10.4 Å². The molecule has 9 nitrogen and oxygen atoms in total. The average molecular weight is 470 g/mol. The standard InChI is InChI=1S/C25H35N5O4/c1-17-7-6-8-18(2)25(17)26-22(31)15-29-11-13-30(14-12-29)23(32)16-34-24(33)10-9-21-19(3)27-28(5)20(21)4/h6-8H,9-16H2,1-5H3,(H,26,31). The molecule has 0 radical (unpaired) electrons. The van der Waals surface area contributed by atoms with Crippen LogP contribution in [-0.4, -0.2) is 76.7 Å². The van der Waals surface area contributed by atoms with E-state index in [1.807, 2.05) is 57.8 Å². The van der Waals surface area contributed by atoms with Crippen molar-refractivity contribution in [3.8, 4) is 0 Å². The number of hydrogen-bond acceptors (Lipinski definition) is 6. The summed E-state index contributed by atoms with van der Waals surface area (Å²) in [5.41, 5.74) is 5.90. The SMILES string of the molecule is Cc1cccc(C)c1NC(=O)CN1CCN(C(=O)COC(=O)CCc2c(C)nn(C)c2C)CC1. The van der Waals surface area contributed by atoms with Crippen LogP contribution in [0.15, 0.2) is 18.2 Å². The third-order valence-electron chi connectivity index (χ3n) is 6.43. The number of nitrogens with one attached hydrogen (secondary N) is 1. The van der Waals surface area contributed by atoms with Crippen molar-refractivity contribution in [1.82, 2.24) is 19.6 Å². The van der Waals surface area contributed by atoms with E-state index >= 15 is 0 Å². The Morgan fingerprint density at radius 3 is 2.26 bits per heavy atom. The Morgan fingerprint density at radius 1 is 1.03 bits per heavy atom. The highest BCUT2D eigenvalue weighted by Crippen LogP contribution is 2.19. The summed E-state index contributed by atoms with van der Waals surface area (Å²) in [4.78, 5) is 40.8. The Kier molecular flexibility index (Phi) is 8.44. The van der Waals surface area contributed by atoms with Gasteiger partial charge in [-0.15, -0.1) is 0 Å². The summed E-state index contributed by atoms with van der Waals surface area (Å²) in [7, 11) is 1.88. The lowest BCUT2D eigenvalue weighted by atomic mass is 10.1. The number of carbonyl (C=O) groups excluding carboxylic acids is 3. The van der Waals surface area contributed by atoms with Crippen molar-refractivity contribution in [2.45, 2.75) is 40.5 Å². The summed E-state index contributed by atoms with van der Waals surface area (Å²) in [5, 5.41) is 7.35. The van der Waals surface area contributed by atoms with Gasteiger partial charge >= 0.3 is 5.97 Å². The molecule has 34 heavy (non-hydrogen) atoms. The summed E-state index contributed by atoms with van der Waals surface area (Å²) in [6.45, 7) is 10.1. The third-order valence-corrected chi connectivity index (χ3v) is 6.43. The van der Waals surface area contributed by atoms with Crippen LogP contribution >= 0.6 is 0 Å². The van der Waals surface area contributed by atoms with Crippen LogP contribution in [0.4, 0.5) is 5.69 Å². The fourth-order valence-electron chi connectivity index (χ4n) is 4.26. The number of ether oxygens (including phenoxy) is 1. The smallest absolute Gasteiger partial charge is 0.306 e. The van der Waals surface area contributed by atoms with Crippen LogP contribution in [0.2, 0.25) is 0 Å². The molecule has 2 heterocycles. The van der Waals surface area contributed by atoms with Gasteiger partial charge in [-0.05, 0) is 50.8 Å². The van der Waals surface area contributed by atoms with Gasteiger partial charge in [0, 0.05) is 51.0 Å². The van der Waals surface area contributed by atoms with Gasteiger partial charge in [-0.1, -0.05) is 18.2 Å². The molecule has 0 atom stereocenters. The van der Waals surface area contributed by atoms with Gasteiger partial charge in [-0.3, -0.25) is 24.0 Å². The highest BCUT2D eigenvalue weighted by molar-refractivity contribution is 5.93. The fraction of sp³-hybridized carbons (Fsp3) is 0.520. The molecule has 1 aliphatic heterocycles. The zero-order valence-electron chi connectivity index (χ0n) is 20.8. The summed E-state index contributed by atoms with van der Waals surface area (Å²) in [6, 6.07) is 5.91. The van der Waals surface area contributed by atoms with Gasteiger partial charge in [-0.2, -0.15) is 5.10 Å². The Morgan fingerprint density at radius 2 is 1.68 bits per heavy atom. The minimum absolute atomic E-state index is 0.0646. The van der Waals surface area contributed by atoms with E-state index in [9.17, 15) is 14.4 Å². The van der Waals surface area contributed by atoms with Crippen molar-refractivity contribution in [1.29, 1.82) is 0 Å². The van der Waals surface area contributed by atoms with E-state index in [0.717, 1.165) is 33.8 Å². The Labute approximate surface area is 201 Å². The summed E-state index contributed by atoms with van der Waals surface area (Å²) in [6.07, 6.45) is 0.755. The van der Waals surface area contributed by atoms with Gasteiger partial charge in [0.15, 0.2) is 6.61 Å². The average Bonchev–Trinajstić information content (AvgIpc) is 3.04. The van der Waals surface area contributed by atoms with Gasteiger partial charge in [0.25, 0.3) is 5.91 Å². The van der Waals surface area contributed by atoms with Crippen LogP contribution < -0.4 is 5.32 Å². The second-order valence-electron chi connectivity index (χ2n) is 8.91. The molecule has 1 aromatic heterocycles. The number of aromatic nitrogens is 2. The first kappa shape index (κ1) is 25.4. The van der Waals surface area contributed by atoms with Crippen LogP contribution in [0.5, 0.6) is 0 Å². The number of rotatable bonds is 8. The van der Waals surface area contributed by atoms with Crippen LogP contribution in [0.1, 0.15) is 34.5 Å². The molecule has 2 aromatic rings. The molecule has 9 heteroatoms. The molecule has 1 fully saturated rings. The molecule has 0 aliphatic carbocycles. The molecule has 0 bridgehead atoms. The summed E-state index contributed by atoms with van der Waals surface area (Å²) < 4.78 is 7.01. The van der Waals surface area contributed by atoms with Gasteiger partial charge in [0.2, 0.25) is 5.91 Å². The number of amides is 2. The van der Waals surface area contributed by atoms with Gasteiger partial charge < -0.3 is 15.0 Å². The molecule has 2 amide bonds. The first-order valence-corrected chi connectivity index (χ1v) is 11.7. The molecule has 0 unspecified atom stereocenters. The second kappa shape index (κ2) is 11.3. The molecule has 1 saturated heterocycles. The zero-order valence-corrected chi connectivity index (χ0v) is 20.8. The molecule has 0 spiro atoms. The van der Waals surface area contributed by atoms with Gasteiger partial charge in [0.1, 0.15) is 0 Å². The molecule has 1 aliphatic rings. The third kappa shape index (κ3) is 6.44. The molecular weight excluding hydrogens is 434 g/mol. The van der Waals surface area contributed by atoms with E-state index in [-0.39, 0.29) is 31.4 Å². The Hall–Kier alpha value is -3.20. The molecule has 1 N–H and O–H groups in total. The lowest BCUT2D eigenvalue weighted by Crippen LogP contribution is -2.51. The number of hydrogen-bond donors (Lipinski definition) is 1. The first-order valence-electron chi connectivity index (χ1n) is 11.7. The van der Waals surface area contributed by atoms with E-state index in [1.54, 1.807) is 9.58 Å².